The topological polar surface area (TPSA) is 35.6 Å². The van der Waals surface area contributed by atoms with Crippen LogP contribution in [0.15, 0.2) is 37.2 Å². The van der Waals surface area contributed by atoms with Gasteiger partial charge in [-0.05, 0) is 31.0 Å². The highest BCUT2D eigenvalue weighted by atomic mass is 15.0. The first kappa shape index (κ1) is 12.7. The molecule has 4 nitrogen and oxygen atoms in total. The highest BCUT2D eigenvalue weighted by molar-refractivity contribution is 5.74. The van der Waals surface area contributed by atoms with Crippen molar-refractivity contribution in [1.82, 2.24) is 19.1 Å². The lowest BCUT2D eigenvalue weighted by Gasteiger charge is -2.09. The molecule has 1 aromatic carbocycles. The summed E-state index contributed by atoms with van der Waals surface area (Å²) in [6, 6.07) is 4.39. The van der Waals surface area contributed by atoms with Crippen molar-refractivity contribution in [2.75, 3.05) is 0 Å². The second-order valence-electron chi connectivity index (χ2n) is 5.33. The van der Waals surface area contributed by atoms with Gasteiger partial charge in [0.25, 0.3) is 0 Å². The van der Waals surface area contributed by atoms with E-state index in [0.29, 0.717) is 0 Å². The molecule has 0 aliphatic heterocycles. The van der Waals surface area contributed by atoms with Gasteiger partial charge in [0, 0.05) is 37.6 Å². The summed E-state index contributed by atoms with van der Waals surface area (Å²) in [4.78, 5) is 8.91. The zero-order valence-electron chi connectivity index (χ0n) is 12.3. The van der Waals surface area contributed by atoms with Crippen LogP contribution in [0.4, 0.5) is 0 Å². The third-order valence-electron chi connectivity index (χ3n) is 3.53. The van der Waals surface area contributed by atoms with Gasteiger partial charge in [0.15, 0.2) is 0 Å². The van der Waals surface area contributed by atoms with E-state index in [9.17, 15) is 0 Å². The minimum Gasteiger partial charge on any atom is -0.340 e. The number of aromatic nitrogens is 4. The zero-order chi connectivity index (χ0) is 14.3. The van der Waals surface area contributed by atoms with Crippen molar-refractivity contribution in [3.05, 3.63) is 48.3 Å². The fraction of sp³-hybridized carbons (Fsp3) is 0.250. The van der Waals surface area contributed by atoms with Crippen LogP contribution in [0.5, 0.6) is 0 Å². The Labute approximate surface area is 118 Å². The largest absolute Gasteiger partial charge is 0.340 e. The molecule has 0 N–H and O–H groups in total. The van der Waals surface area contributed by atoms with E-state index in [0.717, 1.165) is 22.5 Å². The monoisotopic (exact) mass is 266 g/mol. The van der Waals surface area contributed by atoms with E-state index >= 15 is 0 Å². The van der Waals surface area contributed by atoms with Crippen LogP contribution >= 0.6 is 0 Å². The van der Waals surface area contributed by atoms with E-state index in [1.54, 1.807) is 0 Å². The predicted octanol–water partition coefficient (Wildman–Crippen LogP) is 3.10. The molecule has 4 heteroatoms. The predicted molar refractivity (Wildman–Crippen MR) is 80.3 cm³/mol. The number of benzene rings is 1. The van der Waals surface area contributed by atoms with Crippen LogP contribution in [-0.4, -0.2) is 19.1 Å². The van der Waals surface area contributed by atoms with Gasteiger partial charge in [-0.25, -0.2) is 9.97 Å². The molecule has 0 atom stereocenters. The first-order chi connectivity index (χ1) is 9.54. The van der Waals surface area contributed by atoms with E-state index in [1.807, 2.05) is 48.3 Å². The van der Waals surface area contributed by atoms with Gasteiger partial charge in [-0.3, -0.25) is 0 Å². The number of imidazole rings is 2. The average molecular weight is 266 g/mol. The summed E-state index contributed by atoms with van der Waals surface area (Å²) in [7, 11) is 3.97. The Morgan fingerprint density at radius 1 is 0.750 bits per heavy atom. The van der Waals surface area contributed by atoms with E-state index in [4.69, 9.17) is 0 Å². The molecule has 0 unspecified atom stereocenters. The molecule has 0 saturated heterocycles. The molecule has 3 aromatic rings. The maximum atomic E-state index is 4.45. The first-order valence-electron chi connectivity index (χ1n) is 6.62. The number of rotatable bonds is 2. The first-order valence-corrected chi connectivity index (χ1v) is 6.62. The van der Waals surface area contributed by atoms with Crippen LogP contribution in [0.1, 0.15) is 11.1 Å². The molecule has 0 aliphatic rings. The number of hydrogen-bond donors (Lipinski definition) is 0. The molecular weight excluding hydrogens is 248 g/mol. The van der Waals surface area contributed by atoms with Crippen LogP contribution in [-0.2, 0) is 14.1 Å². The van der Waals surface area contributed by atoms with Crippen LogP contribution in [0.2, 0.25) is 0 Å². The lowest BCUT2D eigenvalue weighted by atomic mass is 9.97. The summed E-state index contributed by atoms with van der Waals surface area (Å²) in [5.74, 6) is 0. The molecule has 0 bridgehead atoms. The Morgan fingerprint density at radius 2 is 1.20 bits per heavy atom. The molecule has 0 fully saturated rings. The van der Waals surface area contributed by atoms with E-state index < -0.39 is 0 Å². The molecule has 0 spiro atoms. The van der Waals surface area contributed by atoms with Crippen molar-refractivity contribution in [2.45, 2.75) is 13.8 Å². The summed E-state index contributed by atoms with van der Waals surface area (Å²) in [5.41, 5.74) is 6.81. The van der Waals surface area contributed by atoms with E-state index in [1.165, 1.54) is 11.1 Å². The normalized spacial score (nSPS) is 11.0. The van der Waals surface area contributed by atoms with Crippen LogP contribution < -0.4 is 0 Å². The van der Waals surface area contributed by atoms with Gasteiger partial charge < -0.3 is 9.13 Å². The van der Waals surface area contributed by atoms with Gasteiger partial charge in [0.2, 0.25) is 0 Å². The zero-order valence-corrected chi connectivity index (χ0v) is 12.3. The second kappa shape index (κ2) is 4.63. The summed E-state index contributed by atoms with van der Waals surface area (Å²) in [5, 5.41) is 0. The van der Waals surface area contributed by atoms with Gasteiger partial charge >= 0.3 is 0 Å². The average Bonchev–Trinajstić information content (AvgIpc) is 2.99. The fourth-order valence-electron chi connectivity index (χ4n) is 2.51. The van der Waals surface area contributed by atoms with Crippen molar-refractivity contribution in [1.29, 1.82) is 0 Å². The molecule has 3 rings (SSSR count). The number of aryl methyl sites for hydroxylation is 4. The highest BCUT2D eigenvalue weighted by Crippen LogP contribution is 2.30. The van der Waals surface area contributed by atoms with Gasteiger partial charge in [0.05, 0.1) is 24.0 Å². The van der Waals surface area contributed by atoms with Crippen LogP contribution in [0, 0.1) is 13.8 Å². The molecular formula is C16H18N4. The van der Waals surface area contributed by atoms with Gasteiger partial charge in [0.1, 0.15) is 0 Å². The van der Waals surface area contributed by atoms with Gasteiger partial charge in [-0.1, -0.05) is 6.07 Å². The fourth-order valence-corrected chi connectivity index (χ4v) is 2.51. The van der Waals surface area contributed by atoms with Gasteiger partial charge in [-0.15, -0.1) is 0 Å². The summed E-state index contributed by atoms with van der Waals surface area (Å²) in [6.45, 7) is 4.25. The molecule has 0 aliphatic carbocycles. The van der Waals surface area contributed by atoms with Crippen LogP contribution in [0.3, 0.4) is 0 Å². The lowest BCUT2D eigenvalue weighted by molar-refractivity contribution is 0.913. The minimum atomic E-state index is 1.00. The molecule has 20 heavy (non-hydrogen) atoms. The Balaban J connectivity index is 2.17. The molecule has 0 amide bonds. The molecule has 2 aromatic heterocycles. The van der Waals surface area contributed by atoms with Crippen molar-refractivity contribution in [3.8, 4) is 22.5 Å². The number of nitrogens with zero attached hydrogens (tertiary/aromatic N) is 4. The standard InChI is InChI=1S/C16H18N4/c1-11-5-12(2)14(16-8-20(4)10-18-16)6-13(11)15-7-19(3)9-17-15/h5-10H,1-4H3. The lowest BCUT2D eigenvalue weighted by Crippen LogP contribution is -1.90. The Bertz CT molecular complexity index is 703. The van der Waals surface area contributed by atoms with Crippen LogP contribution in [0.25, 0.3) is 22.5 Å². The van der Waals surface area contributed by atoms with Crippen molar-refractivity contribution < 1.29 is 0 Å². The maximum absolute atomic E-state index is 4.45. The third-order valence-corrected chi connectivity index (χ3v) is 3.53. The molecule has 0 saturated carbocycles. The molecule has 102 valence electrons. The minimum absolute atomic E-state index is 1.00. The highest BCUT2D eigenvalue weighted by Gasteiger charge is 2.11. The Kier molecular flexibility index (Phi) is 2.93. The van der Waals surface area contributed by atoms with E-state index in [2.05, 4.69) is 35.9 Å². The van der Waals surface area contributed by atoms with Crippen molar-refractivity contribution >= 4 is 0 Å². The van der Waals surface area contributed by atoms with Crippen molar-refractivity contribution in [3.63, 3.8) is 0 Å². The molecule has 0 radical (unpaired) electrons. The Morgan fingerprint density at radius 3 is 1.55 bits per heavy atom. The Hall–Kier alpha value is -2.36. The van der Waals surface area contributed by atoms with Gasteiger partial charge in [-0.2, -0.15) is 0 Å². The quantitative estimate of drug-likeness (QED) is 0.714. The third kappa shape index (κ3) is 2.13. The van der Waals surface area contributed by atoms with Crippen molar-refractivity contribution in [2.24, 2.45) is 14.1 Å². The summed E-state index contributed by atoms with van der Waals surface area (Å²) < 4.78 is 3.93. The van der Waals surface area contributed by atoms with E-state index in [-0.39, 0.29) is 0 Å². The maximum Gasteiger partial charge on any atom is 0.0951 e. The smallest absolute Gasteiger partial charge is 0.0951 e. The molecule has 2 heterocycles. The summed E-state index contributed by atoms with van der Waals surface area (Å²) >= 11 is 0. The second-order valence-corrected chi connectivity index (χ2v) is 5.33. The number of hydrogen-bond acceptors (Lipinski definition) is 2. The summed E-state index contributed by atoms with van der Waals surface area (Å²) in [6.07, 6.45) is 7.74. The SMILES string of the molecule is Cc1cc(C)c(-c2cn(C)cn2)cc1-c1cn(C)cn1.